The van der Waals surface area contributed by atoms with Gasteiger partial charge in [-0.05, 0) is 31.7 Å². The van der Waals surface area contributed by atoms with Gasteiger partial charge in [-0.25, -0.2) is 0 Å². The molecule has 0 radical (unpaired) electrons. The van der Waals surface area contributed by atoms with Gasteiger partial charge in [-0.15, -0.1) is 0 Å². The molecule has 0 aliphatic carbocycles. The van der Waals surface area contributed by atoms with Crippen molar-refractivity contribution in [3.05, 3.63) is 30.0 Å². The Balaban J connectivity index is 2.10. The first-order chi connectivity index (χ1) is 10.2. The number of likely N-dealkylation sites (N-methyl/N-ethyl adjacent to an activating group) is 1. The van der Waals surface area contributed by atoms with Gasteiger partial charge in [0.2, 0.25) is 0 Å². The Bertz CT molecular complexity index is 562. The van der Waals surface area contributed by atoms with Crippen molar-refractivity contribution in [1.82, 2.24) is 15.1 Å². The number of hydrogen-bond acceptors (Lipinski definition) is 3. The van der Waals surface area contributed by atoms with Crippen molar-refractivity contribution in [2.75, 3.05) is 18.6 Å². The van der Waals surface area contributed by atoms with E-state index in [1.807, 2.05) is 11.8 Å². The number of fused-ring (bicyclic) bond motifs is 1. The molecule has 3 nitrogen and oxygen atoms in total. The van der Waals surface area contributed by atoms with Crippen molar-refractivity contribution in [1.29, 1.82) is 0 Å². The van der Waals surface area contributed by atoms with E-state index in [0.29, 0.717) is 6.04 Å². The van der Waals surface area contributed by atoms with Gasteiger partial charge < -0.3 is 5.32 Å². The van der Waals surface area contributed by atoms with Gasteiger partial charge in [-0.3, -0.25) is 4.68 Å². The molecule has 1 atom stereocenters. The van der Waals surface area contributed by atoms with Gasteiger partial charge >= 0.3 is 0 Å². The molecule has 1 aromatic carbocycles. The maximum absolute atomic E-state index is 4.81. The lowest BCUT2D eigenvalue weighted by Gasteiger charge is -2.15. The molecule has 2 rings (SSSR count). The lowest BCUT2D eigenvalue weighted by atomic mass is 10.1. The van der Waals surface area contributed by atoms with E-state index in [1.54, 1.807) is 0 Å². The number of hydrogen-bond donors (Lipinski definition) is 1. The molecule has 1 unspecified atom stereocenters. The highest BCUT2D eigenvalue weighted by Gasteiger charge is 2.14. The fourth-order valence-corrected chi connectivity index (χ4v) is 3.69. The molecule has 0 spiro atoms. The number of rotatable bonds is 8. The number of nitrogens with one attached hydrogen (secondary N) is 1. The first kappa shape index (κ1) is 16.4. The van der Waals surface area contributed by atoms with Crippen LogP contribution in [-0.2, 0) is 13.0 Å². The van der Waals surface area contributed by atoms with Crippen LogP contribution in [0.2, 0.25) is 0 Å². The third-order valence-corrected chi connectivity index (χ3v) is 5.19. The largest absolute Gasteiger partial charge is 0.316 e. The van der Waals surface area contributed by atoms with Crippen LogP contribution < -0.4 is 5.32 Å². The van der Waals surface area contributed by atoms with Crippen LogP contribution in [0.4, 0.5) is 0 Å². The van der Waals surface area contributed by atoms with Crippen LogP contribution in [0.1, 0.15) is 26.5 Å². The molecule has 1 N–H and O–H groups in total. The number of para-hydroxylation sites is 1. The van der Waals surface area contributed by atoms with E-state index in [4.69, 9.17) is 5.10 Å². The molecule has 0 fully saturated rings. The summed E-state index contributed by atoms with van der Waals surface area (Å²) >= 11 is 2.03. The fraction of sp³-hybridized carbons (Fsp3) is 0.588. The quantitative estimate of drug-likeness (QED) is 0.808. The Labute approximate surface area is 132 Å². The summed E-state index contributed by atoms with van der Waals surface area (Å²) in [7, 11) is 2.06. The van der Waals surface area contributed by atoms with Gasteiger partial charge in [0.1, 0.15) is 0 Å². The maximum atomic E-state index is 4.81. The second-order valence-corrected chi connectivity index (χ2v) is 6.98. The Kier molecular flexibility index (Phi) is 6.12. The number of aryl methyl sites for hydroxylation is 1. The predicted molar refractivity (Wildman–Crippen MR) is 94.1 cm³/mol. The molecule has 2 aromatic rings. The van der Waals surface area contributed by atoms with Crippen molar-refractivity contribution >= 4 is 22.7 Å². The van der Waals surface area contributed by atoms with Crippen LogP contribution in [0.5, 0.6) is 0 Å². The molecule has 0 amide bonds. The minimum Gasteiger partial charge on any atom is -0.316 e. The van der Waals surface area contributed by atoms with Crippen molar-refractivity contribution in [3.8, 4) is 0 Å². The third kappa shape index (κ3) is 4.24. The van der Waals surface area contributed by atoms with E-state index in [-0.39, 0.29) is 0 Å². The minimum atomic E-state index is 0.484. The van der Waals surface area contributed by atoms with E-state index in [9.17, 15) is 0 Å². The molecule has 0 saturated heterocycles. The Morgan fingerprint density at radius 3 is 2.67 bits per heavy atom. The number of benzene rings is 1. The molecule has 0 aliphatic heterocycles. The lowest BCUT2D eigenvalue weighted by molar-refractivity contribution is 0.592. The molecule has 0 saturated carbocycles. The van der Waals surface area contributed by atoms with Gasteiger partial charge in [0, 0.05) is 30.1 Å². The van der Waals surface area contributed by atoms with Crippen molar-refractivity contribution in [2.45, 2.75) is 39.8 Å². The van der Waals surface area contributed by atoms with Crippen LogP contribution >= 0.6 is 11.8 Å². The van der Waals surface area contributed by atoms with E-state index < -0.39 is 0 Å². The summed E-state index contributed by atoms with van der Waals surface area (Å²) in [5, 5.41) is 9.55. The lowest BCUT2D eigenvalue weighted by Crippen LogP contribution is -2.30. The topological polar surface area (TPSA) is 29.9 Å². The highest BCUT2D eigenvalue weighted by molar-refractivity contribution is 7.99. The summed E-state index contributed by atoms with van der Waals surface area (Å²) in [6.45, 7) is 7.62. The molecule has 4 heteroatoms. The molecule has 21 heavy (non-hydrogen) atoms. The van der Waals surface area contributed by atoms with Crippen molar-refractivity contribution < 1.29 is 0 Å². The summed E-state index contributed by atoms with van der Waals surface area (Å²) in [5.41, 5.74) is 2.47. The van der Waals surface area contributed by atoms with Gasteiger partial charge in [-0.2, -0.15) is 16.9 Å². The van der Waals surface area contributed by atoms with Gasteiger partial charge in [-0.1, -0.05) is 32.0 Å². The Hall–Kier alpha value is -1.00. The maximum Gasteiger partial charge on any atom is 0.0719 e. The van der Waals surface area contributed by atoms with Gasteiger partial charge in [0.15, 0.2) is 0 Å². The average Bonchev–Trinajstić information content (AvgIpc) is 2.84. The number of aromatic nitrogens is 2. The summed E-state index contributed by atoms with van der Waals surface area (Å²) in [4.78, 5) is 0. The zero-order valence-electron chi connectivity index (χ0n) is 13.6. The van der Waals surface area contributed by atoms with E-state index >= 15 is 0 Å². The zero-order chi connectivity index (χ0) is 15.2. The van der Waals surface area contributed by atoms with E-state index in [2.05, 4.69) is 62.1 Å². The minimum absolute atomic E-state index is 0.484. The first-order valence-corrected chi connectivity index (χ1v) is 9.00. The molecule has 0 aliphatic rings. The van der Waals surface area contributed by atoms with Crippen LogP contribution in [0, 0.1) is 5.92 Å². The van der Waals surface area contributed by atoms with Crippen LogP contribution in [0.3, 0.4) is 0 Å². The monoisotopic (exact) mass is 305 g/mol. The van der Waals surface area contributed by atoms with Crippen LogP contribution in [-0.4, -0.2) is 34.4 Å². The van der Waals surface area contributed by atoms with Crippen molar-refractivity contribution in [3.63, 3.8) is 0 Å². The summed E-state index contributed by atoms with van der Waals surface area (Å²) in [6.07, 6.45) is 0.995. The average molecular weight is 305 g/mol. The molecule has 0 bridgehead atoms. The SMILES string of the molecule is CCn1nc(CC(CSCC(C)C)NC)c2ccccc21. The van der Waals surface area contributed by atoms with Crippen LogP contribution in [0.25, 0.3) is 10.9 Å². The molecule has 1 heterocycles. The normalized spacial score (nSPS) is 13.2. The van der Waals surface area contributed by atoms with Gasteiger partial charge in [0.25, 0.3) is 0 Å². The van der Waals surface area contributed by atoms with Gasteiger partial charge in [0.05, 0.1) is 11.2 Å². The molecule has 1 aromatic heterocycles. The third-order valence-electron chi connectivity index (χ3n) is 3.65. The highest BCUT2D eigenvalue weighted by atomic mass is 32.2. The number of thioether (sulfide) groups is 1. The fourth-order valence-electron chi connectivity index (χ4n) is 2.51. The Morgan fingerprint density at radius 2 is 2.00 bits per heavy atom. The zero-order valence-corrected chi connectivity index (χ0v) is 14.4. The second kappa shape index (κ2) is 7.85. The smallest absolute Gasteiger partial charge is 0.0719 e. The summed E-state index contributed by atoms with van der Waals surface area (Å²) in [5.74, 6) is 3.12. The molecular weight excluding hydrogens is 278 g/mol. The summed E-state index contributed by atoms with van der Waals surface area (Å²) < 4.78 is 2.11. The van der Waals surface area contributed by atoms with E-state index in [1.165, 1.54) is 22.3 Å². The Morgan fingerprint density at radius 1 is 1.24 bits per heavy atom. The standard InChI is InChI=1S/C17H27N3S/c1-5-20-17-9-7-6-8-15(17)16(19-20)10-14(18-4)12-21-11-13(2)3/h6-9,13-14,18H,5,10-12H2,1-4H3. The molecule has 116 valence electrons. The summed E-state index contributed by atoms with van der Waals surface area (Å²) in [6, 6.07) is 9.04. The highest BCUT2D eigenvalue weighted by Crippen LogP contribution is 2.20. The number of nitrogens with zero attached hydrogens (tertiary/aromatic N) is 2. The van der Waals surface area contributed by atoms with Crippen molar-refractivity contribution in [2.24, 2.45) is 5.92 Å². The van der Waals surface area contributed by atoms with Crippen LogP contribution in [0.15, 0.2) is 24.3 Å². The first-order valence-electron chi connectivity index (χ1n) is 7.85. The second-order valence-electron chi connectivity index (χ2n) is 5.90. The molecular formula is C17H27N3S. The predicted octanol–water partition coefficient (Wildman–Crippen LogP) is 3.58. The van der Waals surface area contributed by atoms with E-state index in [0.717, 1.165) is 24.6 Å².